The number of rotatable bonds is 15. The van der Waals surface area contributed by atoms with Crippen LogP contribution in [0.4, 0.5) is 17.6 Å². The van der Waals surface area contributed by atoms with Crippen LogP contribution in [0, 0.1) is 11.6 Å². The standard InChI is InChI=1S/C24H26F2N2O5S2.C17H17F2NO3.C7H11NO3S2/c1-23(2,26)19-11-16(25)10-17(14-6-7-27-21(8-14)33-5)18(19)12-20(29)28-35(31,32)22-9-15(13-34-22)24(3,4)30;1-17(2,19)14-8-11(18)7-12(13(14)9-16(21)22)10-4-5-20-15(6-10)23-3;1-7(2,9)5-3-6(12-4-5)13(8,10)11/h6-11,13,30H,12H2,1-5H3,(H,28,29);4-8H,9H2,1-3H3,(H,21,22);3-4,9H,1-2H3,(H2,8,10,11). The molecule has 4 heterocycles. The number of carboxylic acids is 1. The fraction of sp³-hybridized carbons (Fsp3) is 0.333. The lowest BCUT2D eigenvalue weighted by molar-refractivity contribution is -0.136. The first-order chi connectivity index (χ1) is 32.5. The molecule has 23 heteroatoms. The number of hydrogen-bond acceptors (Lipinski definition) is 14. The predicted molar refractivity (Wildman–Crippen MR) is 262 cm³/mol. The van der Waals surface area contributed by atoms with Crippen molar-refractivity contribution >= 4 is 54.6 Å². The van der Waals surface area contributed by atoms with Crippen molar-refractivity contribution in [1.82, 2.24) is 14.7 Å². The summed E-state index contributed by atoms with van der Waals surface area (Å²) in [4.78, 5) is 32.0. The van der Waals surface area contributed by atoms with Crippen molar-refractivity contribution in [3.8, 4) is 34.0 Å². The number of carboxylic acid groups (broad SMARTS) is 1. The van der Waals surface area contributed by atoms with E-state index in [1.165, 1.54) is 97.8 Å². The first kappa shape index (κ1) is 57.8. The number of amides is 1. The van der Waals surface area contributed by atoms with Crippen LogP contribution in [0.2, 0.25) is 0 Å². The normalized spacial score (nSPS) is 12.2. The van der Waals surface area contributed by atoms with Gasteiger partial charge in [0.15, 0.2) is 0 Å². The van der Waals surface area contributed by atoms with Gasteiger partial charge >= 0.3 is 5.97 Å². The average Bonchev–Trinajstić information content (AvgIpc) is 3.97. The Labute approximate surface area is 417 Å². The number of alkyl halides is 2. The van der Waals surface area contributed by atoms with E-state index in [0.29, 0.717) is 33.7 Å². The molecule has 0 bridgehead atoms. The van der Waals surface area contributed by atoms with E-state index in [1.807, 2.05) is 4.72 Å². The van der Waals surface area contributed by atoms with E-state index >= 15 is 4.39 Å². The SMILES string of the molecule is CC(C)(O)c1csc(S(N)(=O)=O)c1.COc1cc(-c2cc(F)cc(C(C)(C)F)c2CC(=O)NS(=O)(=O)c2cc(C(C)(C)O)cs2)ccn1.COc1cc(-c2cc(F)cc(C(C)(C)F)c2CC(=O)O)ccn1. The molecule has 6 N–H and O–H groups in total. The number of aliphatic hydroxyl groups is 2. The number of aromatic nitrogens is 2. The van der Waals surface area contributed by atoms with Gasteiger partial charge in [0.1, 0.15) is 31.4 Å². The average molecular weight is 1070 g/mol. The number of aliphatic carboxylic acids is 1. The molecule has 6 rings (SSSR count). The van der Waals surface area contributed by atoms with E-state index in [0.717, 1.165) is 40.9 Å². The zero-order valence-corrected chi connectivity index (χ0v) is 43.5. The number of carbonyl (C=O) groups excluding carboxylic acids is 1. The van der Waals surface area contributed by atoms with Crippen LogP contribution in [0.1, 0.15) is 88.8 Å². The van der Waals surface area contributed by atoms with Gasteiger partial charge in [0, 0.05) is 24.5 Å². The van der Waals surface area contributed by atoms with Gasteiger partial charge in [-0.05, 0) is 170 Å². The molecule has 2 aromatic carbocycles. The number of ether oxygens (including phenoxy) is 2. The van der Waals surface area contributed by atoms with Crippen LogP contribution in [0.5, 0.6) is 11.8 Å². The van der Waals surface area contributed by atoms with Gasteiger partial charge in [0.25, 0.3) is 10.0 Å². The second kappa shape index (κ2) is 22.3. The van der Waals surface area contributed by atoms with Crippen LogP contribution >= 0.6 is 22.7 Å². The number of halogens is 4. The molecule has 0 spiro atoms. The number of methoxy groups -OCH3 is 2. The molecule has 6 aromatic rings. The molecule has 384 valence electrons. The Kier molecular flexibility index (Phi) is 18.1. The van der Waals surface area contributed by atoms with Gasteiger partial charge < -0.3 is 24.8 Å². The summed E-state index contributed by atoms with van der Waals surface area (Å²) >= 11 is 1.86. The van der Waals surface area contributed by atoms with Crippen molar-refractivity contribution in [2.45, 2.75) is 99.2 Å². The van der Waals surface area contributed by atoms with Crippen LogP contribution in [-0.4, -0.2) is 68.2 Å². The smallest absolute Gasteiger partial charge is 0.307 e. The van der Waals surface area contributed by atoms with Gasteiger partial charge in [0.05, 0.1) is 38.3 Å². The van der Waals surface area contributed by atoms with Crippen molar-refractivity contribution in [3.63, 3.8) is 0 Å². The lowest BCUT2D eigenvalue weighted by atomic mass is 9.87. The Hall–Kier alpha value is -5.82. The van der Waals surface area contributed by atoms with Gasteiger partial charge in [-0.2, -0.15) is 0 Å². The molecule has 0 saturated heterocycles. The molecule has 4 aromatic heterocycles. The summed E-state index contributed by atoms with van der Waals surface area (Å²) in [5.41, 5.74) is -3.51. The monoisotopic (exact) mass is 1070 g/mol. The summed E-state index contributed by atoms with van der Waals surface area (Å²) in [5.74, 6) is -2.87. The Morgan fingerprint density at radius 2 is 1.06 bits per heavy atom. The first-order valence-corrected chi connectivity index (χ1v) is 25.8. The second-order valence-electron chi connectivity index (χ2n) is 17.8. The Bertz CT molecular complexity index is 3120. The summed E-state index contributed by atoms with van der Waals surface area (Å²) < 4.78 is 117. The molecule has 1 amide bonds. The Morgan fingerprint density at radius 3 is 1.39 bits per heavy atom. The topological polar surface area (TPSA) is 245 Å². The fourth-order valence-corrected chi connectivity index (χ4v) is 10.8. The van der Waals surface area contributed by atoms with Crippen molar-refractivity contribution in [1.29, 1.82) is 0 Å². The first-order valence-electron chi connectivity index (χ1n) is 21.0. The highest BCUT2D eigenvalue weighted by atomic mass is 32.3. The van der Waals surface area contributed by atoms with E-state index in [1.54, 1.807) is 37.4 Å². The number of pyridine rings is 2. The van der Waals surface area contributed by atoms with Crippen LogP contribution < -0.4 is 19.3 Å². The van der Waals surface area contributed by atoms with Gasteiger partial charge in [0.2, 0.25) is 27.7 Å². The third-order valence-electron chi connectivity index (χ3n) is 10.2. The van der Waals surface area contributed by atoms with Crippen molar-refractivity contribution in [2.24, 2.45) is 5.14 Å². The van der Waals surface area contributed by atoms with E-state index in [-0.39, 0.29) is 42.1 Å². The fourth-order valence-electron chi connectivity index (χ4n) is 6.72. The lowest BCUT2D eigenvalue weighted by Gasteiger charge is -2.22. The Morgan fingerprint density at radius 1 is 0.662 bits per heavy atom. The summed E-state index contributed by atoms with van der Waals surface area (Å²) in [6, 6.07) is 13.3. The van der Waals surface area contributed by atoms with Crippen LogP contribution in [0.3, 0.4) is 0 Å². The number of benzene rings is 2. The molecule has 0 aliphatic carbocycles. The van der Waals surface area contributed by atoms with Gasteiger partial charge in [-0.1, -0.05) is 0 Å². The van der Waals surface area contributed by atoms with E-state index in [9.17, 15) is 49.8 Å². The van der Waals surface area contributed by atoms with Gasteiger partial charge in [-0.15, -0.1) is 22.7 Å². The maximum absolute atomic E-state index is 15.1. The third-order valence-corrected chi connectivity index (χ3v) is 15.4. The second-order valence-corrected chi connectivity index (χ2v) is 23.3. The van der Waals surface area contributed by atoms with E-state index < -0.39 is 78.9 Å². The molecule has 15 nitrogen and oxygen atoms in total. The van der Waals surface area contributed by atoms with E-state index in [4.69, 9.17) is 19.7 Å². The number of nitrogens with two attached hydrogens (primary N) is 1. The largest absolute Gasteiger partial charge is 0.481 e. The van der Waals surface area contributed by atoms with Crippen LogP contribution in [0.15, 0.2) is 92.2 Å². The predicted octanol–water partition coefficient (Wildman–Crippen LogP) is 8.79. The zero-order valence-electron chi connectivity index (χ0n) is 40.2. The van der Waals surface area contributed by atoms with E-state index in [2.05, 4.69) is 9.97 Å². The highest BCUT2D eigenvalue weighted by molar-refractivity contribution is 7.92. The minimum Gasteiger partial charge on any atom is -0.481 e. The van der Waals surface area contributed by atoms with Crippen molar-refractivity contribution in [3.05, 3.63) is 129 Å². The van der Waals surface area contributed by atoms with Crippen LogP contribution in [-0.2, 0) is 65.0 Å². The maximum atomic E-state index is 15.1. The summed E-state index contributed by atoms with van der Waals surface area (Å²) in [5, 5.41) is 36.8. The summed E-state index contributed by atoms with van der Waals surface area (Å²) in [6.45, 7) is 11.2. The molecule has 0 saturated carbocycles. The summed E-state index contributed by atoms with van der Waals surface area (Å²) in [6.07, 6.45) is 1.93. The summed E-state index contributed by atoms with van der Waals surface area (Å²) in [7, 11) is -5.05. The molecule has 0 aliphatic heterocycles. The Balaban J connectivity index is 0.000000259. The molecule has 0 radical (unpaired) electrons. The highest BCUT2D eigenvalue weighted by Crippen LogP contribution is 2.38. The number of carbonyl (C=O) groups is 2. The number of nitrogens with one attached hydrogen (secondary N) is 1. The maximum Gasteiger partial charge on any atom is 0.307 e. The molecule has 0 aliphatic rings. The van der Waals surface area contributed by atoms with Crippen molar-refractivity contribution in [2.75, 3.05) is 14.2 Å². The molecular weight excluding hydrogens is 1010 g/mol. The molecular formula is C48H54F4N4O11S4. The van der Waals surface area contributed by atoms with Gasteiger partial charge in [-0.25, -0.2) is 54.2 Å². The molecule has 0 fully saturated rings. The lowest BCUT2D eigenvalue weighted by Crippen LogP contribution is -2.32. The quantitative estimate of drug-likeness (QED) is 0.0605. The minimum atomic E-state index is -4.25. The molecule has 0 unspecified atom stereocenters. The highest BCUT2D eigenvalue weighted by Gasteiger charge is 2.31. The number of thiophene rings is 2. The molecule has 71 heavy (non-hydrogen) atoms. The number of hydrogen-bond donors (Lipinski definition) is 5. The van der Waals surface area contributed by atoms with Gasteiger partial charge in [-0.3, -0.25) is 9.59 Å². The van der Waals surface area contributed by atoms with Crippen molar-refractivity contribution < 1.29 is 68.8 Å². The number of primary sulfonamides is 1. The zero-order chi connectivity index (χ0) is 53.7. The third kappa shape index (κ3) is 15.8. The number of sulfonamides is 2. The molecule has 0 atom stereocenters. The number of nitrogens with zero attached hydrogens (tertiary/aromatic N) is 2. The minimum absolute atomic E-state index is 0.0191. The van der Waals surface area contributed by atoms with Crippen LogP contribution in [0.25, 0.3) is 22.3 Å².